The number of pyridine rings is 1. The Morgan fingerprint density at radius 2 is 1.86 bits per heavy atom. The van der Waals surface area contributed by atoms with E-state index in [0.717, 1.165) is 22.5 Å². The highest BCUT2D eigenvalue weighted by atomic mass is 16.2. The second-order valence-electron chi connectivity index (χ2n) is 5.31. The monoisotopic (exact) mass is 279 g/mol. The Bertz CT molecular complexity index is 717. The van der Waals surface area contributed by atoms with Crippen molar-refractivity contribution in [2.75, 3.05) is 0 Å². The predicted molar refractivity (Wildman–Crippen MR) is 83.1 cm³/mol. The Labute approximate surface area is 123 Å². The van der Waals surface area contributed by atoms with Crippen molar-refractivity contribution in [1.82, 2.24) is 10.4 Å². The fourth-order valence-corrected chi connectivity index (χ4v) is 2.48. The van der Waals surface area contributed by atoms with Gasteiger partial charge in [0.05, 0.1) is 5.71 Å². The fraction of sp³-hybridized carbons (Fsp3) is 0.235. The maximum atomic E-state index is 11.1. The maximum absolute atomic E-state index is 11.1. The van der Waals surface area contributed by atoms with Gasteiger partial charge in [-0.2, -0.15) is 5.10 Å². The molecule has 106 valence electrons. The van der Waals surface area contributed by atoms with Crippen LogP contribution in [0.5, 0.6) is 0 Å². The minimum atomic E-state index is -0.0159. The summed E-state index contributed by atoms with van der Waals surface area (Å²) in [5.41, 5.74) is 9.02. The molecule has 3 rings (SSSR count). The van der Waals surface area contributed by atoms with Crippen LogP contribution in [0.25, 0.3) is 11.1 Å². The lowest BCUT2D eigenvalue weighted by Gasteiger charge is -2.14. The SMILES string of the molecule is Cc1ccc(-c2ccc(C3=NNC(=O)CC3)cc2C)cn1. The first kappa shape index (κ1) is 13.5. The quantitative estimate of drug-likeness (QED) is 0.918. The van der Waals surface area contributed by atoms with Crippen molar-refractivity contribution in [3.63, 3.8) is 0 Å². The van der Waals surface area contributed by atoms with Gasteiger partial charge in [0, 0.05) is 30.3 Å². The van der Waals surface area contributed by atoms with Crippen molar-refractivity contribution < 1.29 is 4.79 Å². The molecule has 2 aromatic rings. The van der Waals surface area contributed by atoms with Gasteiger partial charge in [-0.25, -0.2) is 5.43 Å². The third-order valence-electron chi connectivity index (χ3n) is 3.69. The van der Waals surface area contributed by atoms with Crippen molar-refractivity contribution in [2.45, 2.75) is 26.7 Å². The number of amides is 1. The summed E-state index contributed by atoms with van der Waals surface area (Å²) in [7, 11) is 0. The van der Waals surface area contributed by atoms with Crippen LogP contribution >= 0.6 is 0 Å². The first-order chi connectivity index (χ1) is 10.1. The molecule has 0 fully saturated rings. The molecule has 1 aliphatic rings. The van der Waals surface area contributed by atoms with E-state index in [-0.39, 0.29) is 5.91 Å². The van der Waals surface area contributed by atoms with Crippen LogP contribution in [-0.2, 0) is 4.79 Å². The van der Waals surface area contributed by atoms with Gasteiger partial charge >= 0.3 is 0 Å². The Kier molecular flexibility index (Phi) is 3.52. The van der Waals surface area contributed by atoms with Crippen molar-refractivity contribution in [1.29, 1.82) is 0 Å². The largest absolute Gasteiger partial charge is 0.273 e. The van der Waals surface area contributed by atoms with E-state index in [4.69, 9.17) is 0 Å². The van der Waals surface area contributed by atoms with Crippen LogP contribution < -0.4 is 5.43 Å². The van der Waals surface area contributed by atoms with Gasteiger partial charge in [0.25, 0.3) is 0 Å². The summed E-state index contributed by atoms with van der Waals surface area (Å²) in [5.74, 6) is -0.0159. The molecule has 0 saturated carbocycles. The zero-order valence-corrected chi connectivity index (χ0v) is 12.2. The van der Waals surface area contributed by atoms with Crippen LogP contribution in [0.2, 0.25) is 0 Å². The van der Waals surface area contributed by atoms with E-state index >= 15 is 0 Å². The average Bonchev–Trinajstić information content (AvgIpc) is 2.49. The van der Waals surface area contributed by atoms with E-state index in [2.05, 4.69) is 46.7 Å². The van der Waals surface area contributed by atoms with Crippen molar-refractivity contribution >= 4 is 11.6 Å². The number of rotatable bonds is 2. The predicted octanol–water partition coefficient (Wildman–Crippen LogP) is 2.98. The molecule has 1 amide bonds. The van der Waals surface area contributed by atoms with Gasteiger partial charge in [-0.15, -0.1) is 0 Å². The summed E-state index contributed by atoms with van der Waals surface area (Å²) in [6, 6.07) is 10.4. The van der Waals surface area contributed by atoms with Crippen LogP contribution in [0.4, 0.5) is 0 Å². The number of aromatic nitrogens is 1. The molecule has 1 aromatic heterocycles. The van der Waals surface area contributed by atoms with Gasteiger partial charge in [-0.1, -0.05) is 18.2 Å². The lowest BCUT2D eigenvalue weighted by atomic mass is 9.96. The molecule has 0 atom stereocenters. The molecule has 0 bridgehead atoms. The smallest absolute Gasteiger partial charge is 0.240 e. The molecule has 0 radical (unpaired) electrons. The van der Waals surface area contributed by atoms with Crippen LogP contribution in [-0.4, -0.2) is 16.6 Å². The number of carbonyl (C=O) groups excluding carboxylic acids is 1. The second kappa shape index (κ2) is 5.48. The number of hydrogen-bond donors (Lipinski definition) is 1. The molecule has 4 heteroatoms. The highest BCUT2D eigenvalue weighted by molar-refractivity contribution is 6.04. The van der Waals surface area contributed by atoms with E-state index in [1.165, 1.54) is 11.1 Å². The fourth-order valence-electron chi connectivity index (χ4n) is 2.48. The summed E-state index contributed by atoms with van der Waals surface area (Å²) >= 11 is 0. The highest BCUT2D eigenvalue weighted by Crippen LogP contribution is 2.24. The molecule has 0 saturated heterocycles. The van der Waals surface area contributed by atoms with Gasteiger partial charge in [-0.05, 0) is 42.7 Å². The number of hydrazone groups is 1. The molecule has 1 aromatic carbocycles. The van der Waals surface area contributed by atoms with E-state index in [1.54, 1.807) is 0 Å². The van der Waals surface area contributed by atoms with Crippen molar-refractivity contribution in [2.24, 2.45) is 5.10 Å². The van der Waals surface area contributed by atoms with Gasteiger partial charge < -0.3 is 0 Å². The summed E-state index contributed by atoms with van der Waals surface area (Å²) in [5, 5.41) is 4.14. The van der Waals surface area contributed by atoms with Crippen LogP contribution in [0.3, 0.4) is 0 Å². The normalized spacial score (nSPS) is 14.6. The molecule has 2 heterocycles. The van der Waals surface area contributed by atoms with E-state index < -0.39 is 0 Å². The van der Waals surface area contributed by atoms with E-state index in [1.807, 2.05) is 19.2 Å². The zero-order valence-electron chi connectivity index (χ0n) is 12.2. The van der Waals surface area contributed by atoms with E-state index in [9.17, 15) is 4.79 Å². The Morgan fingerprint density at radius 1 is 1.05 bits per heavy atom. The molecular weight excluding hydrogens is 262 g/mol. The van der Waals surface area contributed by atoms with Crippen molar-refractivity contribution in [3.05, 3.63) is 53.3 Å². The van der Waals surface area contributed by atoms with Crippen molar-refractivity contribution in [3.8, 4) is 11.1 Å². The standard InChI is InChI=1S/C17H17N3O/c1-11-9-13(16-7-8-17(21)20-19-16)5-6-15(11)14-4-3-12(2)18-10-14/h3-6,9-10H,7-8H2,1-2H3,(H,20,21). The molecule has 1 N–H and O–H groups in total. The van der Waals surface area contributed by atoms with Crippen LogP contribution in [0, 0.1) is 13.8 Å². The Hall–Kier alpha value is -2.49. The molecule has 1 aliphatic heterocycles. The summed E-state index contributed by atoms with van der Waals surface area (Å²) in [6.07, 6.45) is 3.09. The van der Waals surface area contributed by atoms with Gasteiger partial charge in [0.15, 0.2) is 0 Å². The molecule has 0 aliphatic carbocycles. The number of nitrogens with one attached hydrogen (secondary N) is 1. The van der Waals surface area contributed by atoms with Gasteiger partial charge in [-0.3, -0.25) is 9.78 Å². The maximum Gasteiger partial charge on any atom is 0.240 e. The number of hydrogen-bond acceptors (Lipinski definition) is 3. The lowest BCUT2D eigenvalue weighted by Crippen LogP contribution is -2.25. The molecule has 0 spiro atoms. The number of nitrogens with zero attached hydrogens (tertiary/aromatic N) is 2. The van der Waals surface area contributed by atoms with Gasteiger partial charge in [0.1, 0.15) is 0 Å². The third kappa shape index (κ3) is 2.84. The second-order valence-corrected chi connectivity index (χ2v) is 5.31. The molecule has 0 unspecified atom stereocenters. The third-order valence-corrected chi connectivity index (χ3v) is 3.69. The first-order valence-corrected chi connectivity index (χ1v) is 7.03. The molecular formula is C17H17N3O. The van der Waals surface area contributed by atoms with Crippen LogP contribution in [0.15, 0.2) is 41.6 Å². The lowest BCUT2D eigenvalue weighted by molar-refractivity contribution is -0.121. The molecule has 21 heavy (non-hydrogen) atoms. The Morgan fingerprint density at radius 3 is 2.48 bits per heavy atom. The number of aryl methyl sites for hydroxylation is 2. The minimum Gasteiger partial charge on any atom is -0.273 e. The number of benzene rings is 1. The summed E-state index contributed by atoms with van der Waals surface area (Å²) < 4.78 is 0. The topological polar surface area (TPSA) is 54.4 Å². The van der Waals surface area contributed by atoms with Crippen LogP contribution in [0.1, 0.15) is 29.7 Å². The zero-order chi connectivity index (χ0) is 14.8. The molecule has 4 nitrogen and oxygen atoms in total. The highest BCUT2D eigenvalue weighted by Gasteiger charge is 2.14. The Balaban J connectivity index is 1.93. The average molecular weight is 279 g/mol. The number of carbonyl (C=O) groups is 1. The summed E-state index contributed by atoms with van der Waals surface area (Å²) in [4.78, 5) is 15.5. The van der Waals surface area contributed by atoms with Gasteiger partial charge in [0.2, 0.25) is 5.91 Å². The van der Waals surface area contributed by atoms with E-state index in [0.29, 0.717) is 12.8 Å². The minimum absolute atomic E-state index is 0.0159. The first-order valence-electron chi connectivity index (χ1n) is 7.03. The summed E-state index contributed by atoms with van der Waals surface area (Å²) in [6.45, 7) is 4.07.